The smallest absolute Gasteiger partial charge is 0.137 e. The van der Waals surface area contributed by atoms with E-state index in [4.69, 9.17) is 0 Å². The van der Waals surface area contributed by atoms with Gasteiger partial charge in [0.25, 0.3) is 0 Å². The van der Waals surface area contributed by atoms with Crippen LogP contribution in [0.3, 0.4) is 0 Å². The molecule has 1 aromatic heterocycles. The van der Waals surface area contributed by atoms with Crippen LogP contribution in [0.5, 0.6) is 0 Å². The van der Waals surface area contributed by atoms with E-state index in [9.17, 15) is 0 Å². The predicted molar refractivity (Wildman–Crippen MR) is 55.3 cm³/mol. The van der Waals surface area contributed by atoms with E-state index in [1.54, 1.807) is 0 Å². The number of aryl methyl sites for hydroxylation is 1. The van der Waals surface area contributed by atoms with Gasteiger partial charge in [-0.25, -0.2) is 0 Å². The molecular formula is C10H18N4. The minimum absolute atomic E-state index is 0.531. The Bertz CT molecular complexity index is 318. The maximum atomic E-state index is 4.29. The van der Waals surface area contributed by atoms with Crippen molar-refractivity contribution in [2.24, 2.45) is 0 Å². The molecule has 1 fully saturated rings. The average Bonchev–Trinajstić information content (AvgIpc) is 2.71. The second kappa shape index (κ2) is 3.69. The zero-order valence-electron chi connectivity index (χ0n) is 9.12. The molecule has 4 nitrogen and oxygen atoms in total. The highest BCUT2D eigenvalue weighted by Gasteiger charge is 2.28. The Balaban J connectivity index is 2.30. The van der Waals surface area contributed by atoms with Gasteiger partial charge in [-0.1, -0.05) is 0 Å². The van der Waals surface area contributed by atoms with E-state index in [1.165, 1.54) is 6.42 Å². The summed E-state index contributed by atoms with van der Waals surface area (Å²) in [5.74, 6) is 2.72. The molecule has 0 bridgehead atoms. The lowest BCUT2D eigenvalue weighted by Gasteiger charge is -2.15. The van der Waals surface area contributed by atoms with E-state index < -0.39 is 0 Å². The Kier molecular flexibility index (Phi) is 2.54. The molecule has 14 heavy (non-hydrogen) atoms. The molecule has 0 saturated carbocycles. The minimum Gasteiger partial charge on any atom is -0.315 e. The van der Waals surface area contributed by atoms with E-state index >= 15 is 0 Å². The van der Waals surface area contributed by atoms with Crippen molar-refractivity contribution in [2.75, 3.05) is 6.54 Å². The van der Waals surface area contributed by atoms with Gasteiger partial charge < -0.3 is 9.88 Å². The van der Waals surface area contributed by atoms with Crippen LogP contribution in [-0.4, -0.2) is 27.4 Å². The summed E-state index contributed by atoms with van der Waals surface area (Å²) < 4.78 is 2.22. The molecule has 1 aliphatic heterocycles. The molecule has 78 valence electrons. The zero-order chi connectivity index (χ0) is 10.1. The lowest BCUT2D eigenvalue weighted by molar-refractivity contribution is 0.533. The van der Waals surface area contributed by atoms with Crippen molar-refractivity contribution >= 4 is 0 Å². The fraction of sp³-hybridized carbons (Fsp3) is 0.800. The molecule has 2 unspecified atom stereocenters. The first-order valence-electron chi connectivity index (χ1n) is 5.37. The van der Waals surface area contributed by atoms with Crippen molar-refractivity contribution in [3.63, 3.8) is 0 Å². The Morgan fingerprint density at radius 3 is 2.86 bits per heavy atom. The van der Waals surface area contributed by atoms with Crippen molar-refractivity contribution in [2.45, 2.75) is 45.7 Å². The van der Waals surface area contributed by atoms with Crippen LogP contribution < -0.4 is 5.32 Å². The van der Waals surface area contributed by atoms with Crippen LogP contribution in [0.2, 0.25) is 0 Å². The number of hydrogen-bond acceptors (Lipinski definition) is 3. The van der Waals surface area contributed by atoms with Gasteiger partial charge in [0.2, 0.25) is 0 Å². The van der Waals surface area contributed by atoms with Crippen LogP contribution >= 0.6 is 0 Å². The number of nitrogens with zero attached hydrogens (tertiary/aromatic N) is 3. The molecule has 2 heterocycles. The average molecular weight is 194 g/mol. The van der Waals surface area contributed by atoms with Gasteiger partial charge in [-0.15, -0.1) is 10.2 Å². The summed E-state index contributed by atoms with van der Waals surface area (Å²) in [6.07, 6.45) is 1.18. The molecule has 0 aromatic carbocycles. The topological polar surface area (TPSA) is 42.7 Å². The Hall–Kier alpha value is -0.900. The van der Waals surface area contributed by atoms with Crippen LogP contribution in [0.1, 0.15) is 37.8 Å². The molecule has 0 spiro atoms. The van der Waals surface area contributed by atoms with Gasteiger partial charge in [-0.3, -0.25) is 0 Å². The third-order valence-electron chi connectivity index (χ3n) is 3.14. The van der Waals surface area contributed by atoms with Crippen LogP contribution in [0, 0.1) is 6.92 Å². The Morgan fingerprint density at radius 2 is 2.29 bits per heavy atom. The first-order chi connectivity index (χ1) is 6.74. The third-order valence-corrected chi connectivity index (χ3v) is 3.14. The van der Waals surface area contributed by atoms with Gasteiger partial charge in [0.1, 0.15) is 11.6 Å². The third kappa shape index (κ3) is 1.43. The maximum Gasteiger partial charge on any atom is 0.137 e. The van der Waals surface area contributed by atoms with Gasteiger partial charge in [0, 0.05) is 18.5 Å². The predicted octanol–water partition coefficient (Wildman–Crippen LogP) is 1.07. The first kappa shape index (κ1) is 9.65. The van der Waals surface area contributed by atoms with Crippen molar-refractivity contribution < 1.29 is 0 Å². The first-order valence-corrected chi connectivity index (χ1v) is 5.37. The molecule has 1 saturated heterocycles. The quantitative estimate of drug-likeness (QED) is 0.766. The molecule has 1 N–H and O–H groups in total. The van der Waals surface area contributed by atoms with Crippen LogP contribution in [0.25, 0.3) is 0 Å². The summed E-state index contributed by atoms with van der Waals surface area (Å²) in [4.78, 5) is 0. The lowest BCUT2D eigenvalue weighted by atomic mass is 10.0. The highest BCUT2D eigenvalue weighted by Crippen LogP contribution is 2.26. The molecule has 1 aliphatic rings. The summed E-state index contributed by atoms with van der Waals surface area (Å²) in [5, 5.41) is 11.9. The number of nitrogens with one attached hydrogen (secondary N) is 1. The van der Waals surface area contributed by atoms with Gasteiger partial charge in [-0.2, -0.15) is 0 Å². The number of rotatable bonds is 2. The summed E-state index contributed by atoms with van der Waals surface area (Å²) in [6.45, 7) is 8.46. The summed E-state index contributed by atoms with van der Waals surface area (Å²) in [6, 6.07) is 0.531. The minimum atomic E-state index is 0.531. The second-order valence-corrected chi connectivity index (χ2v) is 3.99. The molecule has 0 radical (unpaired) electrons. The van der Waals surface area contributed by atoms with Crippen LogP contribution in [0.4, 0.5) is 0 Å². The Labute approximate surface area is 84.7 Å². The summed E-state index contributed by atoms with van der Waals surface area (Å²) >= 11 is 0. The SMILES string of the molecule is CCn1c(C)nnc1C1CCNC1C. The Morgan fingerprint density at radius 1 is 1.50 bits per heavy atom. The van der Waals surface area contributed by atoms with Crippen molar-refractivity contribution in [1.82, 2.24) is 20.1 Å². The molecule has 0 amide bonds. The standard InChI is InChI=1S/C10H18N4/c1-4-14-8(3)12-13-10(14)9-5-6-11-7(9)2/h7,9,11H,4-6H2,1-3H3. The van der Waals surface area contributed by atoms with E-state index in [0.29, 0.717) is 12.0 Å². The molecular weight excluding hydrogens is 176 g/mol. The number of aromatic nitrogens is 3. The van der Waals surface area contributed by atoms with Crippen LogP contribution in [0.15, 0.2) is 0 Å². The summed E-state index contributed by atoms with van der Waals surface area (Å²) in [7, 11) is 0. The second-order valence-electron chi connectivity index (χ2n) is 3.99. The molecule has 0 aliphatic carbocycles. The largest absolute Gasteiger partial charge is 0.315 e. The van der Waals surface area contributed by atoms with Crippen molar-refractivity contribution in [3.8, 4) is 0 Å². The molecule has 2 atom stereocenters. The van der Waals surface area contributed by atoms with E-state index in [2.05, 4.69) is 33.9 Å². The summed E-state index contributed by atoms with van der Waals surface area (Å²) in [5.41, 5.74) is 0. The maximum absolute atomic E-state index is 4.29. The van der Waals surface area contributed by atoms with Gasteiger partial charge in [0.15, 0.2) is 0 Å². The normalized spacial score (nSPS) is 27.1. The lowest BCUT2D eigenvalue weighted by Crippen LogP contribution is -2.23. The monoisotopic (exact) mass is 194 g/mol. The van der Waals surface area contributed by atoms with Crippen molar-refractivity contribution in [3.05, 3.63) is 11.6 Å². The van der Waals surface area contributed by atoms with E-state index in [1.807, 2.05) is 6.92 Å². The fourth-order valence-corrected chi connectivity index (χ4v) is 2.27. The van der Waals surface area contributed by atoms with E-state index in [0.717, 1.165) is 24.7 Å². The van der Waals surface area contributed by atoms with Crippen LogP contribution in [-0.2, 0) is 6.54 Å². The molecule has 2 rings (SSSR count). The number of hydrogen-bond donors (Lipinski definition) is 1. The van der Waals surface area contributed by atoms with Gasteiger partial charge >= 0.3 is 0 Å². The van der Waals surface area contributed by atoms with Gasteiger partial charge in [-0.05, 0) is 33.7 Å². The van der Waals surface area contributed by atoms with Crippen molar-refractivity contribution in [1.29, 1.82) is 0 Å². The van der Waals surface area contributed by atoms with E-state index in [-0.39, 0.29) is 0 Å². The molecule has 4 heteroatoms. The fourth-order valence-electron chi connectivity index (χ4n) is 2.27. The molecule has 1 aromatic rings. The zero-order valence-corrected chi connectivity index (χ0v) is 9.12. The highest BCUT2D eigenvalue weighted by atomic mass is 15.3. The highest BCUT2D eigenvalue weighted by molar-refractivity contribution is 5.07. The van der Waals surface area contributed by atoms with Gasteiger partial charge in [0.05, 0.1) is 0 Å².